The molecule has 2 nitrogen and oxygen atoms in total. The van der Waals surface area contributed by atoms with Crippen molar-refractivity contribution in [1.29, 1.82) is 0 Å². The van der Waals surface area contributed by atoms with Crippen LogP contribution in [0.1, 0.15) is 22.7 Å². The number of hydrogen-bond acceptors (Lipinski definition) is 2. The molecule has 4 heteroatoms. The van der Waals surface area contributed by atoms with Gasteiger partial charge < -0.3 is 10.5 Å². The first kappa shape index (κ1) is 15.5. The van der Waals surface area contributed by atoms with Crippen LogP contribution in [0.4, 0.5) is 0 Å². The predicted octanol–water partition coefficient (Wildman–Crippen LogP) is 4.77. The second-order valence-corrected chi connectivity index (χ2v) is 6.45. The number of hydrogen-bond donors (Lipinski definition) is 1. The lowest BCUT2D eigenvalue weighted by Crippen LogP contribution is -2.14. The van der Waals surface area contributed by atoms with Gasteiger partial charge in [0.25, 0.3) is 0 Å². The van der Waals surface area contributed by atoms with E-state index < -0.39 is 0 Å². The van der Waals surface area contributed by atoms with Crippen LogP contribution in [-0.4, -0.2) is 7.11 Å². The van der Waals surface area contributed by atoms with Gasteiger partial charge in [-0.3, -0.25) is 0 Å². The molecule has 0 radical (unpaired) electrons. The zero-order chi connectivity index (χ0) is 14.7. The standard InChI is InChI=1S/C16H17Br2NO/c1-10-7-14(18)12(9-13(10)17)15(19)8-11-5-3-4-6-16(11)20-2/h3-7,9,15H,8,19H2,1-2H3. The van der Waals surface area contributed by atoms with E-state index in [1.54, 1.807) is 7.11 Å². The van der Waals surface area contributed by atoms with Crippen molar-refractivity contribution in [3.63, 3.8) is 0 Å². The van der Waals surface area contributed by atoms with Crippen molar-refractivity contribution in [2.24, 2.45) is 5.73 Å². The molecule has 0 spiro atoms. The number of benzene rings is 2. The number of nitrogens with two attached hydrogens (primary N) is 1. The molecule has 0 fully saturated rings. The highest BCUT2D eigenvalue weighted by atomic mass is 79.9. The van der Waals surface area contributed by atoms with E-state index in [0.29, 0.717) is 0 Å². The van der Waals surface area contributed by atoms with Gasteiger partial charge in [0.05, 0.1) is 7.11 Å². The van der Waals surface area contributed by atoms with Crippen LogP contribution in [0.3, 0.4) is 0 Å². The van der Waals surface area contributed by atoms with Crippen molar-refractivity contribution in [1.82, 2.24) is 0 Å². The van der Waals surface area contributed by atoms with Gasteiger partial charge in [-0.05, 0) is 48.2 Å². The first-order chi connectivity index (χ1) is 9.52. The molecule has 2 aromatic rings. The van der Waals surface area contributed by atoms with Crippen LogP contribution in [0.5, 0.6) is 5.75 Å². The van der Waals surface area contributed by atoms with E-state index >= 15 is 0 Å². The van der Waals surface area contributed by atoms with Gasteiger partial charge in [-0.15, -0.1) is 0 Å². The van der Waals surface area contributed by atoms with Crippen molar-refractivity contribution >= 4 is 31.9 Å². The number of rotatable bonds is 4. The van der Waals surface area contributed by atoms with Crippen molar-refractivity contribution in [2.75, 3.05) is 7.11 Å². The Morgan fingerprint density at radius 2 is 1.85 bits per heavy atom. The molecule has 2 N–H and O–H groups in total. The molecule has 0 aliphatic rings. The van der Waals surface area contributed by atoms with Gasteiger partial charge in [-0.1, -0.05) is 50.1 Å². The summed E-state index contributed by atoms with van der Waals surface area (Å²) >= 11 is 7.16. The highest BCUT2D eigenvalue weighted by Crippen LogP contribution is 2.31. The molecule has 0 bridgehead atoms. The summed E-state index contributed by atoms with van der Waals surface area (Å²) in [5.74, 6) is 0.880. The largest absolute Gasteiger partial charge is 0.496 e. The lowest BCUT2D eigenvalue weighted by atomic mass is 9.98. The Hall–Kier alpha value is -0.840. The molecule has 20 heavy (non-hydrogen) atoms. The summed E-state index contributed by atoms with van der Waals surface area (Å²) in [6, 6.07) is 12.1. The fourth-order valence-corrected chi connectivity index (χ4v) is 3.28. The van der Waals surface area contributed by atoms with Crippen LogP contribution >= 0.6 is 31.9 Å². The van der Waals surface area contributed by atoms with Gasteiger partial charge >= 0.3 is 0 Å². The van der Waals surface area contributed by atoms with Gasteiger partial charge in [0.2, 0.25) is 0 Å². The van der Waals surface area contributed by atoms with Crippen molar-refractivity contribution in [2.45, 2.75) is 19.4 Å². The number of halogens is 2. The van der Waals surface area contributed by atoms with E-state index in [-0.39, 0.29) is 6.04 Å². The van der Waals surface area contributed by atoms with E-state index in [0.717, 1.165) is 32.2 Å². The summed E-state index contributed by atoms with van der Waals surface area (Å²) in [5.41, 5.74) is 9.76. The topological polar surface area (TPSA) is 35.2 Å². The minimum Gasteiger partial charge on any atom is -0.496 e. The second kappa shape index (κ2) is 6.74. The smallest absolute Gasteiger partial charge is 0.122 e. The van der Waals surface area contributed by atoms with Crippen LogP contribution < -0.4 is 10.5 Å². The first-order valence-corrected chi connectivity index (χ1v) is 7.94. The summed E-state index contributed by atoms with van der Waals surface area (Å²) in [6.07, 6.45) is 0.734. The lowest BCUT2D eigenvalue weighted by molar-refractivity contribution is 0.408. The third-order valence-electron chi connectivity index (χ3n) is 3.31. The maximum atomic E-state index is 6.36. The Balaban J connectivity index is 2.28. The van der Waals surface area contributed by atoms with Crippen molar-refractivity contribution in [3.8, 4) is 5.75 Å². The second-order valence-electron chi connectivity index (χ2n) is 4.75. The van der Waals surface area contributed by atoms with E-state index in [2.05, 4.69) is 57.0 Å². The van der Waals surface area contributed by atoms with E-state index in [9.17, 15) is 0 Å². The Morgan fingerprint density at radius 3 is 2.55 bits per heavy atom. The van der Waals surface area contributed by atoms with Crippen LogP contribution in [0.25, 0.3) is 0 Å². The summed E-state index contributed by atoms with van der Waals surface area (Å²) in [7, 11) is 1.68. The molecular formula is C16H17Br2NO. The fourth-order valence-electron chi connectivity index (χ4n) is 2.16. The van der Waals surface area contributed by atoms with Gasteiger partial charge in [0.15, 0.2) is 0 Å². The highest BCUT2D eigenvalue weighted by Gasteiger charge is 2.14. The Labute approximate surface area is 136 Å². The quantitative estimate of drug-likeness (QED) is 0.804. The third-order valence-corrected chi connectivity index (χ3v) is 4.85. The zero-order valence-electron chi connectivity index (χ0n) is 11.5. The first-order valence-electron chi connectivity index (χ1n) is 6.36. The minimum absolute atomic E-state index is 0.0856. The zero-order valence-corrected chi connectivity index (χ0v) is 14.7. The SMILES string of the molecule is COc1ccccc1CC(N)c1cc(Br)c(C)cc1Br. The monoisotopic (exact) mass is 397 g/mol. The van der Waals surface area contributed by atoms with Crippen molar-refractivity contribution in [3.05, 3.63) is 62.0 Å². The molecule has 2 rings (SSSR count). The lowest BCUT2D eigenvalue weighted by Gasteiger charge is -2.17. The molecule has 0 amide bonds. The molecule has 2 aromatic carbocycles. The highest BCUT2D eigenvalue weighted by molar-refractivity contribution is 9.11. The summed E-state index contributed by atoms with van der Waals surface area (Å²) in [4.78, 5) is 0. The van der Waals surface area contributed by atoms with Gasteiger partial charge in [-0.2, -0.15) is 0 Å². The molecule has 0 saturated heterocycles. The maximum absolute atomic E-state index is 6.36. The molecule has 0 aliphatic heterocycles. The number of aryl methyl sites for hydroxylation is 1. The number of ether oxygens (including phenoxy) is 1. The van der Waals surface area contributed by atoms with Crippen LogP contribution in [0, 0.1) is 6.92 Å². The third kappa shape index (κ3) is 3.43. The van der Waals surface area contributed by atoms with Crippen LogP contribution in [0.15, 0.2) is 45.3 Å². The fraction of sp³-hybridized carbons (Fsp3) is 0.250. The molecule has 1 unspecified atom stereocenters. The van der Waals surface area contributed by atoms with E-state index in [4.69, 9.17) is 10.5 Å². The molecular weight excluding hydrogens is 382 g/mol. The molecule has 0 aliphatic carbocycles. The number of methoxy groups -OCH3 is 1. The summed E-state index contributed by atoms with van der Waals surface area (Å²) in [5, 5.41) is 0. The van der Waals surface area contributed by atoms with Gasteiger partial charge in [0, 0.05) is 15.0 Å². The molecule has 106 valence electrons. The Morgan fingerprint density at radius 1 is 1.15 bits per heavy atom. The average Bonchev–Trinajstić information content (AvgIpc) is 2.43. The van der Waals surface area contributed by atoms with Crippen LogP contribution in [-0.2, 0) is 6.42 Å². The normalized spacial score (nSPS) is 12.2. The van der Waals surface area contributed by atoms with Gasteiger partial charge in [-0.25, -0.2) is 0 Å². The minimum atomic E-state index is -0.0856. The Kier molecular flexibility index (Phi) is 5.24. The number of para-hydroxylation sites is 1. The predicted molar refractivity (Wildman–Crippen MR) is 90.2 cm³/mol. The van der Waals surface area contributed by atoms with Crippen LogP contribution in [0.2, 0.25) is 0 Å². The summed E-state index contributed by atoms with van der Waals surface area (Å²) in [6.45, 7) is 2.06. The maximum Gasteiger partial charge on any atom is 0.122 e. The average molecular weight is 399 g/mol. The molecule has 0 saturated carbocycles. The van der Waals surface area contributed by atoms with E-state index in [1.807, 2.05) is 18.2 Å². The van der Waals surface area contributed by atoms with E-state index in [1.165, 1.54) is 5.56 Å². The molecule has 0 aromatic heterocycles. The van der Waals surface area contributed by atoms with Crippen molar-refractivity contribution < 1.29 is 4.74 Å². The molecule has 0 heterocycles. The van der Waals surface area contributed by atoms with Gasteiger partial charge in [0.1, 0.15) is 5.75 Å². The molecule has 1 atom stereocenters. The Bertz CT molecular complexity index is 613. The summed E-state index contributed by atoms with van der Waals surface area (Å²) < 4.78 is 7.50.